The number of piperazine rings is 1. The second-order valence-electron chi connectivity index (χ2n) is 8.04. The van der Waals surface area contributed by atoms with Crippen molar-refractivity contribution in [1.29, 1.82) is 0 Å². The molecule has 0 unspecified atom stereocenters. The van der Waals surface area contributed by atoms with Crippen LogP contribution in [0.15, 0.2) is 54.6 Å². The summed E-state index contributed by atoms with van der Waals surface area (Å²) < 4.78 is 5.45. The van der Waals surface area contributed by atoms with Gasteiger partial charge in [0.25, 0.3) is 0 Å². The molecule has 0 spiro atoms. The number of anilines is 4. The maximum absolute atomic E-state index is 12.7. The Morgan fingerprint density at radius 1 is 0.939 bits per heavy atom. The summed E-state index contributed by atoms with van der Waals surface area (Å²) in [5, 5.41) is 6.25. The molecule has 2 N–H and O–H groups in total. The van der Waals surface area contributed by atoms with Gasteiger partial charge in [-0.25, -0.2) is 9.78 Å². The van der Waals surface area contributed by atoms with Crippen LogP contribution >= 0.6 is 0 Å². The van der Waals surface area contributed by atoms with Gasteiger partial charge >= 0.3 is 6.03 Å². The van der Waals surface area contributed by atoms with Crippen molar-refractivity contribution >= 4 is 29.2 Å². The molecule has 172 valence electrons. The Morgan fingerprint density at radius 3 is 2.27 bits per heavy atom. The van der Waals surface area contributed by atoms with Gasteiger partial charge in [-0.1, -0.05) is 17.7 Å². The number of nitrogens with one attached hydrogen (secondary N) is 2. The van der Waals surface area contributed by atoms with Crippen molar-refractivity contribution in [2.45, 2.75) is 20.8 Å². The fourth-order valence-electron chi connectivity index (χ4n) is 3.68. The number of ether oxygens (including phenoxy) is 1. The van der Waals surface area contributed by atoms with Gasteiger partial charge in [0, 0.05) is 49.3 Å². The number of aromatic nitrogens is 2. The summed E-state index contributed by atoms with van der Waals surface area (Å²) in [5.41, 5.74) is 3.80. The van der Waals surface area contributed by atoms with Gasteiger partial charge in [-0.05, 0) is 57.2 Å². The average Bonchev–Trinajstić information content (AvgIpc) is 2.82. The molecule has 3 aromatic rings. The van der Waals surface area contributed by atoms with Crippen LogP contribution in [0.4, 0.5) is 27.9 Å². The van der Waals surface area contributed by atoms with Crippen LogP contribution in [0.1, 0.15) is 18.2 Å². The van der Waals surface area contributed by atoms with Gasteiger partial charge in [-0.2, -0.15) is 4.98 Å². The zero-order valence-corrected chi connectivity index (χ0v) is 19.3. The van der Waals surface area contributed by atoms with Gasteiger partial charge in [0.2, 0.25) is 5.95 Å². The lowest BCUT2D eigenvalue weighted by Crippen LogP contribution is -2.50. The molecular formula is C25H30N6O2. The molecule has 0 aliphatic carbocycles. The molecule has 1 aromatic heterocycles. The fourth-order valence-corrected chi connectivity index (χ4v) is 3.68. The number of hydrogen-bond donors (Lipinski definition) is 2. The van der Waals surface area contributed by atoms with E-state index in [0.717, 1.165) is 28.6 Å². The average molecular weight is 447 g/mol. The monoisotopic (exact) mass is 446 g/mol. The van der Waals surface area contributed by atoms with E-state index < -0.39 is 0 Å². The fraction of sp³-hybridized carbons (Fsp3) is 0.320. The van der Waals surface area contributed by atoms with Crippen molar-refractivity contribution in [2.24, 2.45) is 0 Å². The third kappa shape index (κ3) is 5.91. The SMILES string of the molecule is CCOc1ccc(NC(=O)N2CCN(c3cc(C)nc(Nc4ccc(C)cc4)n3)CC2)cc1. The van der Waals surface area contributed by atoms with Crippen molar-refractivity contribution in [3.05, 3.63) is 65.9 Å². The minimum absolute atomic E-state index is 0.0978. The number of nitrogens with zero attached hydrogens (tertiary/aromatic N) is 4. The first kappa shape index (κ1) is 22.4. The number of amides is 2. The van der Waals surface area contributed by atoms with Crippen molar-refractivity contribution in [3.63, 3.8) is 0 Å². The molecule has 1 saturated heterocycles. The number of carbonyl (C=O) groups excluding carboxylic acids is 1. The Labute approximate surface area is 194 Å². The number of benzene rings is 2. The highest BCUT2D eigenvalue weighted by Gasteiger charge is 2.22. The minimum atomic E-state index is -0.0978. The van der Waals surface area contributed by atoms with Crippen LogP contribution in [0.2, 0.25) is 0 Å². The third-order valence-corrected chi connectivity index (χ3v) is 5.46. The summed E-state index contributed by atoms with van der Waals surface area (Å²) in [7, 11) is 0. The van der Waals surface area contributed by atoms with Gasteiger partial charge in [0.1, 0.15) is 11.6 Å². The number of rotatable bonds is 6. The highest BCUT2D eigenvalue weighted by Crippen LogP contribution is 2.21. The van der Waals surface area contributed by atoms with E-state index in [0.29, 0.717) is 38.7 Å². The van der Waals surface area contributed by atoms with E-state index in [1.807, 2.05) is 61.2 Å². The van der Waals surface area contributed by atoms with Gasteiger partial charge < -0.3 is 25.2 Å². The lowest BCUT2D eigenvalue weighted by molar-refractivity contribution is 0.208. The van der Waals surface area contributed by atoms with Crippen molar-refractivity contribution < 1.29 is 9.53 Å². The van der Waals surface area contributed by atoms with Crippen molar-refractivity contribution in [3.8, 4) is 5.75 Å². The van der Waals surface area contributed by atoms with Crippen LogP contribution in [0.3, 0.4) is 0 Å². The van der Waals surface area contributed by atoms with Crippen LogP contribution < -0.4 is 20.3 Å². The lowest BCUT2D eigenvalue weighted by Gasteiger charge is -2.35. The minimum Gasteiger partial charge on any atom is -0.494 e. The first-order valence-electron chi connectivity index (χ1n) is 11.2. The van der Waals surface area contributed by atoms with Gasteiger partial charge in [-0.15, -0.1) is 0 Å². The van der Waals surface area contributed by atoms with Gasteiger partial charge in [0.15, 0.2) is 0 Å². The molecule has 8 nitrogen and oxygen atoms in total. The molecule has 0 atom stereocenters. The molecular weight excluding hydrogens is 416 g/mol. The zero-order valence-electron chi connectivity index (χ0n) is 19.3. The maximum atomic E-state index is 12.7. The second-order valence-corrected chi connectivity index (χ2v) is 8.04. The van der Waals surface area contributed by atoms with Crippen LogP contribution in [-0.4, -0.2) is 53.7 Å². The smallest absolute Gasteiger partial charge is 0.321 e. The summed E-state index contributed by atoms with van der Waals surface area (Å²) in [6.07, 6.45) is 0. The maximum Gasteiger partial charge on any atom is 0.321 e. The second kappa shape index (κ2) is 10.2. The number of aryl methyl sites for hydroxylation is 2. The van der Waals surface area contributed by atoms with E-state index in [9.17, 15) is 4.79 Å². The molecule has 1 aliphatic heterocycles. The molecule has 1 aliphatic rings. The number of hydrogen-bond acceptors (Lipinski definition) is 6. The highest BCUT2D eigenvalue weighted by atomic mass is 16.5. The molecule has 0 radical (unpaired) electrons. The largest absolute Gasteiger partial charge is 0.494 e. The molecule has 4 rings (SSSR count). The molecule has 33 heavy (non-hydrogen) atoms. The third-order valence-electron chi connectivity index (χ3n) is 5.46. The predicted molar refractivity (Wildman–Crippen MR) is 132 cm³/mol. The summed E-state index contributed by atoms with van der Waals surface area (Å²) in [4.78, 5) is 25.9. The summed E-state index contributed by atoms with van der Waals surface area (Å²) >= 11 is 0. The Bertz CT molecular complexity index is 1080. The summed E-state index contributed by atoms with van der Waals surface area (Å²) in [5.74, 6) is 2.23. The topological polar surface area (TPSA) is 82.6 Å². The first-order valence-corrected chi connectivity index (χ1v) is 11.2. The highest BCUT2D eigenvalue weighted by molar-refractivity contribution is 5.89. The van der Waals surface area contributed by atoms with Crippen LogP contribution in [0, 0.1) is 13.8 Å². The van der Waals surface area contributed by atoms with Crippen LogP contribution in [-0.2, 0) is 0 Å². The Balaban J connectivity index is 1.34. The number of carbonyl (C=O) groups is 1. The molecule has 2 aromatic carbocycles. The first-order chi connectivity index (χ1) is 16.0. The lowest BCUT2D eigenvalue weighted by atomic mass is 10.2. The van der Waals surface area contributed by atoms with Crippen LogP contribution in [0.25, 0.3) is 0 Å². The zero-order chi connectivity index (χ0) is 23.2. The standard InChI is InChI=1S/C25H30N6O2/c1-4-33-22-11-9-21(10-12-22)28-25(32)31-15-13-30(14-16-31)23-17-19(3)26-24(29-23)27-20-7-5-18(2)6-8-20/h5-12,17H,4,13-16H2,1-3H3,(H,28,32)(H,26,27,29). The van der Waals surface area contributed by atoms with Crippen LogP contribution in [0.5, 0.6) is 5.75 Å². The van der Waals surface area contributed by atoms with E-state index >= 15 is 0 Å². The molecule has 2 heterocycles. The van der Waals surface area contributed by atoms with Crippen molar-refractivity contribution in [2.75, 3.05) is 48.3 Å². The van der Waals surface area contributed by atoms with E-state index in [-0.39, 0.29) is 6.03 Å². The van der Waals surface area contributed by atoms with E-state index in [1.165, 1.54) is 5.56 Å². The normalized spacial score (nSPS) is 13.5. The van der Waals surface area contributed by atoms with Gasteiger partial charge in [-0.3, -0.25) is 0 Å². The Hall–Kier alpha value is -3.81. The molecule has 0 bridgehead atoms. The molecule has 0 saturated carbocycles. The summed E-state index contributed by atoms with van der Waals surface area (Å²) in [6.45, 7) is 9.23. The Morgan fingerprint density at radius 2 is 1.61 bits per heavy atom. The van der Waals surface area contributed by atoms with Gasteiger partial charge in [0.05, 0.1) is 6.61 Å². The quantitative estimate of drug-likeness (QED) is 0.576. The summed E-state index contributed by atoms with van der Waals surface area (Å²) in [6, 6.07) is 17.4. The van der Waals surface area contributed by atoms with E-state index in [2.05, 4.69) is 39.6 Å². The van der Waals surface area contributed by atoms with E-state index in [4.69, 9.17) is 9.72 Å². The van der Waals surface area contributed by atoms with Crippen molar-refractivity contribution in [1.82, 2.24) is 14.9 Å². The predicted octanol–water partition coefficient (Wildman–Crippen LogP) is 4.59. The van der Waals surface area contributed by atoms with E-state index in [1.54, 1.807) is 0 Å². The molecule has 8 heteroatoms. The number of urea groups is 1. The molecule has 1 fully saturated rings. The Kier molecular flexibility index (Phi) is 6.92. The molecule has 2 amide bonds.